The zero-order valence-corrected chi connectivity index (χ0v) is 30.8. The number of piperazine rings is 1. The molecule has 3 aromatic rings. The topological polar surface area (TPSA) is 71.1 Å². The van der Waals surface area contributed by atoms with Gasteiger partial charge < -0.3 is 27.3 Å². The van der Waals surface area contributed by atoms with E-state index < -0.39 is 30.2 Å². The molecular weight excluding hydrogens is 621 g/mol. The van der Waals surface area contributed by atoms with Gasteiger partial charge in [0.25, 0.3) is 0 Å². The van der Waals surface area contributed by atoms with E-state index in [1.807, 2.05) is 29.2 Å². The zero-order valence-electron chi connectivity index (χ0n) is 27.7. The zero-order chi connectivity index (χ0) is 32.7. The molecule has 0 aromatic heterocycles. The molecule has 240 valence electrons. The van der Waals surface area contributed by atoms with Crippen molar-refractivity contribution in [2.75, 3.05) is 38.1 Å². The van der Waals surface area contributed by atoms with E-state index in [0.29, 0.717) is 37.3 Å². The molecule has 3 aromatic carbocycles. The summed E-state index contributed by atoms with van der Waals surface area (Å²) in [4.78, 5) is 29.4. The van der Waals surface area contributed by atoms with Crippen molar-refractivity contribution in [2.24, 2.45) is 0 Å². The van der Waals surface area contributed by atoms with Gasteiger partial charge in [0, 0.05) is 44.3 Å². The predicted molar refractivity (Wildman–Crippen MR) is 171 cm³/mol. The molecule has 2 aliphatic rings. The molecule has 1 saturated heterocycles. The first-order chi connectivity index (χ1) is 21.2. The number of carbonyl (C=O) groups excluding carboxylic acids is 2. The van der Waals surface area contributed by atoms with Crippen LogP contribution in [0.4, 0.5) is 28.2 Å². The predicted octanol–water partition coefficient (Wildman–Crippen LogP) is 4.08. The Balaban J connectivity index is 0.00000480. The number of fused-ring (bicyclic) bond motifs is 3. The Morgan fingerprint density at radius 3 is 1.93 bits per heavy atom. The number of anilines is 1. The van der Waals surface area contributed by atoms with Crippen LogP contribution in [0.5, 0.6) is 0 Å². The fourth-order valence-corrected chi connectivity index (χ4v) is 6.61. The summed E-state index contributed by atoms with van der Waals surface area (Å²) in [5.74, 6) is -0.0389. The van der Waals surface area contributed by atoms with Crippen LogP contribution in [-0.2, 0) is 16.0 Å². The summed E-state index contributed by atoms with van der Waals surface area (Å²) in [5, 5.41) is 2.58. The number of rotatable bonds is 6. The Hall–Kier alpha value is -2.35. The first-order valence-corrected chi connectivity index (χ1v) is 15.3. The SMILES string of the molecule is Cc1c(CN2CCN(C(=O)OCC3c4ccccc4-c4ccccc43)CC2)c(C)c([B-](F)(F)F)c(C)c1NC(=O)OC(C)(C)C.[K+]. The van der Waals surface area contributed by atoms with Gasteiger partial charge in [-0.25, -0.2) is 9.59 Å². The van der Waals surface area contributed by atoms with Gasteiger partial charge in [0.2, 0.25) is 0 Å². The smallest absolute Gasteiger partial charge is 0.448 e. The first kappa shape index (κ1) is 36.5. The van der Waals surface area contributed by atoms with Gasteiger partial charge in [-0.3, -0.25) is 10.2 Å². The molecule has 1 fully saturated rings. The van der Waals surface area contributed by atoms with Gasteiger partial charge in [0.15, 0.2) is 0 Å². The number of amides is 2. The number of hydrogen-bond acceptors (Lipinski definition) is 5. The van der Waals surface area contributed by atoms with E-state index in [1.54, 1.807) is 32.6 Å². The van der Waals surface area contributed by atoms with E-state index in [4.69, 9.17) is 9.47 Å². The van der Waals surface area contributed by atoms with E-state index >= 15 is 0 Å². The van der Waals surface area contributed by atoms with E-state index in [9.17, 15) is 22.5 Å². The van der Waals surface area contributed by atoms with E-state index in [1.165, 1.54) is 13.8 Å². The second-order valence-electron chi connectivity index (χ2n) is 12.9. The van der Waals surface area contributed by atoms with Crippen molar-refractivity contribution < 1.29 is 83.4 Å². The number of nitrogens with zero attached hydrogens (tertiary/aromatic N) is 2. The van der Waals surface area contributed by atoms with Crippen LogP contribution in [0.2, 0.25) is 0 Å². The fourth-order valence-electron chi connectivity index (χ4n) is 6.61. The molecule has 7 nitrogen and oxygen atoms in total. The first-order valence-electron chi connectivity index (χ1n) is 15.3. The van der Waals surface area contributed by atoms with Crippen LogP contribution in [0.25, 0.3) is 11.1 Å². The Morgan fingerprint density at radius 1 is 0.870 bits per heavy atom. The normalized spacial score (nSPS) is 15.1. The van der Waals surface area contributed by atoms with Gasteiger partial charge >= 0.3 is 70.5 Å². The third kappa shape index (κ3) is 7.85. The molecule has 46 heavy (non-hydrogen) atoms. The summed E-state index contributed by atoms with van der Waals surface area (Å²) >= 11 is 0. The number of halogens is 3. The maximum Gasteiger partial charge on any atom is 1.00 e. The molecule has 1 heterocycles. The third-order valence-corrected chi connectivity index (χ3v) is 8.76. The molecular formula is C34H40BF3KN3O4. The van der Waals surface area contributed by atoms with Crippen LogP contribution in [0.3, 0.4) is 0 Å². The van der Waals surface area contributed by atoms with Gasteiger partial charge in [0.1, 0.15) is 12.2 Å². The van der Waals surface area contributed by atoms with Crippen LogP contribution in [0, 0.1) is 20.8 Å². The van der Waals surface area contributed by atoms with E-state index in [0.717, 1.165) is 22.3 Å². The second kappa shape index (κ2) is 14.4. The monoisotopic (exact) mass is 661 g/mol. The summed E-state index contributed by atoms with van der Waals surface area (Å²) < 4.78 is 54.1. The maximum absolute atomic E-state index is 14.3. The average Bonchev–Trinajstić information content (AvgIpc) is 3.28. The summed E-state index contributed by atoms with van der Waals surface area (Å²) in [7, 11) is 0. The Bertz CT molecular complexity index is 1570. The van der Waals surface area contributed by atoms with Crippen molar-refractivity contribution in [3.05, 3.63) is 81.9 Å². The van der Waals surface area contributed by atoms with Crippen LogP contribution in [0.1, 0.15) is 60.1 Å². The average molecular weight is 662 g/mol. The minimum atomic E-state index is -5.34. The third-order valence-electron chi connectivity index (χ3n) is 8.76. The van der Waals surface area contributed by atoms with Crippen molar-refractivity contribution in [1.82, 2.24) is 9.80 Å². The second-order valence-corrected chi connectivity index (χ2v) is 12.9. The minimum Gasteiger partial charge on any atom is -0.448 e. The van der Waals surface area contributed by atoms with Crippen molar-refractivity contribution in [2.45, 2.75) is 59.6 Å². The van der Waals surface area contributed by atoms with Crippen LogP contribution in [-0.4, -0.2) is 67.4 Å². The summed E-state index contributed by atoms with van der Waals surface area (Å²) in [6.45, 7) is 6.53. The number of ether oxygens (including phenoxy) is 2. The standard InChI is InChI=1S/C34H40BF3N3O4.K/c1-21-28(22(2)31(23(3)30(21)35(36,37)38)39-32(42)45-34(4,5)6)19-40-15-17-41(18-16-40)33(43)44-20-29-26-13-9-7-11-24(26)25-12-8-10-14-27(25)29;/h7-14,29H,15-20H2,1-6H3,(H,39,42);/q-1;+1. The van der Waals surface area contributed by atoms with Crippen LogP contribution < -0.4 is 62.2 Å². The van der Waals surface area contributed by atoms with Crippen LogP contribution in [0.15, 0.2) is 48.5 Å². The molecule has 5 rings (SSSR count). The van der Waals surface area contributed by atoms with E-state index in [-0.39, 0.29) is 87.3 Å². The molecule has 1 N–H and O–H groups in total. The van der Waals surface area contributed by atoms with Crippen LogP contribution >= 0.6 is 0 Å². The Labute approximate surface area is 311 Å². The van der Waals surface area contributed by atoms with Crippen molar-refractivity contribution in [3.63, 3.8) is 0 Å². The molecule has 0 bridgehead atoms. The summed E-state index contributed by atoms with van der Waals surface area (Å²) in [6.07, 6.45) is -1.20. The number of nitrogens with one attached hydrogen (secondary N) is 1. The molecule has 12 heteroatoms. The molecule has 1 aliphatic heterocycles. The Morgan fingerprint density at radius 2 is 1.41 bits per heavy atom. The van der Waals surface area contributed by atoms with Crippen molar-refractivity contribution in [3.8, 4) is 11.1 Å². The summed E-state index contributed by atoms with van der Waals surface area (Å²) in [5.41, 5.74) is 4.43. The quantitative estimate of drug-likeness (QED) is 0.404. The molecule has 1 aliphatic carbocycles. The van der Waals surface area contributed by atoms with Crippen molar-refractivity contribution >= 4 is 30.3 Å². The molecule has 2 amide bonds. The fraction of sp³-hybridized carbons (Fsp3) is 0.412. The number of carbonyl (C=O) groups is 2. The number of benzene rings is 3. The molecule has 0 unspecified atom stereocenters. The van der Waals surface area contributed by atoms with Gasteiger partial charge in [0.05, 0.1) is 0 Å². The van der Waals surface area contributed by atoms with Gasteiger partial charge in [-0.05, 0) is 74.9 Å². The maximum atomic E-state index is 14.3. The molecule has 0 saturated carbocycles. The Kier molecular flexibility index (Phi) is 11.4. The largest absolute Gasteiger partial charge is 1.00 e. The molecule has 0 atom stereocenters. The van der Waals surface area contributed by atoms with Gasteiger partial charge in [-0.1, -0.05) is 59.7 Å². The number of hydrogen-bond donors (Lipinski definition) is 1. The minimum absolute atomic E-state index is 0. The van der Waals surface area contributed by atoms with Gasteiger partial charge in [-0.2, -0.15) is 0 Å². The van der Waals surface area contributed by atoms with Crippen molar-refractivity contribution in [1.29, 1.82) is 0 Å². The molecule has 0 radical (unpaired) electrons. The van der Waals surface area contributed by atoms with E-state index in [2.05, 4.69) is 29.6 Å². The molecule has 0 spiro atoms. The van der Waals surface area contributed by atoms with Gasteiger partial charge in [-0.15, -0.1) is 5.46 Å². The summed E-state index contributed by atoms with van der Waals surface area (Å²) in [6, 6.07) is 16.3.